The Morgan fingerprint density at radius 3 is 2.75 bits per heavy atom. The molecule has 110 valence electrons. The van der Waals surface area contributed by atoms with Crippen LogP contribution in [0.5, 0.6) is 0 Å². The van der Waals surface area contributed by atoms with Gasteiger partial charge in [-0.2, -0.15) is 0 Å². The number of rotatable bonds is 5. The van der Waals surface area contributed by atoms with Crippen LogP contribution in [0.2, 0.25) is 0 Å². The molecule has 1 fully saturated rings. The summed E-state index contributed by atoms with van der Waals surface area (Å²) in [5, 5.41) is 10.6. The molecule has 0 amide bonds. The molecule has 0 spiro atoms. The van der Waals surface area contributed by atoms with Gasteiger partial charge in [0.1, 0.15) is 0 Å². The first-order valence-electron chi connectivity index (χ1n) is 7.13. The van der Waals surface area contributed by atoms with Gasteiger partial charge in [-0.05, 0) is 54.2 Å². The van der Waals surface area contributed by atoms with Crippen LogP contribution in [0.1, 0.15) is 43.6 Å². The molecule has 2 unspecified atom stereocenters. The molecule has 0 saturated heterocycles. The van der Waals surface area contributed by atoms with Crippen molar-refractivity contribution < 1.29 is 14.6 Å². The number of carboxylic acid groups (broad SMARTS) is 1. The lowest BCUT2D eigenvalue weighted by molar-refractivity contribution is -0.131. The minimum Gasteiger partial charge on any atom is -0.478 e. The van der Waals surface area contributed by atoms with Crippen molar-refractivity contribution in [2.75, 3.05) is 0 Å². The molecule has 0 aliphatic heterocycles. The number of aliphatic carboxylic acids is 1. The summed E-state index contributed by atoms with van der Waals surface area (Å²) in [6, 6.07) is 2.00. The van der Waals surface area contributed by atoms with Crippen molar-refractivity contribution in [2.24, 2.45) is 11.8 Å². The maximum Gasteiger partial charge on any atom is 0.328 e. The topological polar surface area (TPSA) is 46.5 Å². The maximum atomic E-state index is 10.5. The van der Waals surface area contributed by atoms with Crippen molar-refractivity contribution in [1.82, 2.24) is 0 Å². The third-order valence-corrected chi connectivity index (χ3v) is 4.62. The first kappa shape index (κ1) is 15.3. The summed E-state index contributed by atoms with van der Waals surface area (Å²) in [6.07, 6.45) is 6.77. The van der Waals surface area contributed by atoms with Gasteiger partial charge in [0.05, 0.1) is 12.7 Å². The van der Waals surface area contributed by atoms with E-state index in [0.29, 0.717) is 12.7 Å². The summed E-state index contributed by atoms with van der Waals surface area (Å²) >= 11 is 1.62. The molecular formula is C16H22O3S. The fourth-order valence-electron chi connectivity index (χ4n) is 2.94. The van der Waals surface area contributed by atoms with Crippen LogP contribution in [-0.2, 0) is 16.1 Å². The molecule has 1 heterocycles. The van der Waals surface area contributed by atoms with Crippen LogP contribution in [0.3, 0.4) is 0 Å². The molecule has 1 N–H and O–H groups in total. The highest BCUT2D eigenvalue weighted by Crippen LogP contribution is 2.31. The normalized spacial score (nSPS) is 27.0. The van der Waals surface area contributed by atoms with E-state index in [1.807, 2.05) is 11.4 Å². The summed E-state index contributed by atoms with van der Waals surface area (Å²) in [5.74, 6) is 0.585. The molecule has 1 aromatic heterocycles. The zero-order valence-corrected chi connectivity index (χ0v) is 12.9. The van der Waals surface area contributed by atoms with Gasteiger partial charge in [-0.1, -0.05) is 13.8 Å². The molecule has 1 saturated carbocycles. The number of thiophene rings is 1. The zero-order valence-electron chi connectivity index (χ0n) is 12.0. The molecule has 3 nitrogen and oxygen atoms in total. The van der Waals surface area contributed by atoms with E-state index in [0.717, 1.165) is 41.2 Å². The summed E-state index contributed by atoms with van der Waals surface area (Å²) in [4.78, 5) is 11.6. The van der Waals surface area contributed by atoms with Crippen molar-refractivity contribution in [2.45, 2.75) is 45.8 Å². The Bertz CT molecular complexity index is 468. The Kier molecular flexibility index (Phi) is 5.38. The second kappa shape index (κ2) is 7.04. The smallest absolute Gasteiger partial charge is 0.328 e. The van der Waals surface area contributed by atoms with E-state index in [1.165, 1.54) is 6.42 Å². The minimum absolute atomic E-state index is 0.369. The quantitative estimate of drug-likeness (QED) is 0.828. The Hall–Kier alpha value is -1.13. The minimum atomic E-state index is -0.917. The van der Waals surface area contributed by atoms with E-state index in [2.05, 4.69) is 13.8 Å². The molecule has 0 bridgehead atoms. The first-order valence-corrected chi connectivity index (χ1v) is 8.01. The Morgan fingerprint density at radius 1 is 1.40 bits per heavy atom. The van der Waals surface area contributed by atoms with E-state index in [1.54, 1.807) is 17.4 Å². The Labute approximate surface area is 124 Å². The summed E-state index contributed by atoms with van der Waals surface area (Å²) in [7, 11) is 0. The van der Waals surface area contributed by atoms with Crippen LogP contribution in [0.25, 0.3) is 6.08 Å². The summed E-state index contributed by atoms with van der Waals surface area (Å²) in [6.45, 7) is 5.23. The summed E-state index contributed by atoms with van der Waals surface area (Å²) < 4.78 is 6.02. The van der Waals surface area contributed by atoms with E-state index in [9.17, 15) is 4.79 Å². The van der Waals surface area contributed by atoms with Crippen molar-refractivity contribution in [1.29, 1.82) is 0 Å². The fraction of sp³-hybridized carbons (Fsp3) is 0.562. The highest BCUT2D eigenvalue weighted by atomic mass is 32.1. The number of ether oxygens (including phenoxy) is 1. The molecule has 0 aromatic carbocycles. The van der Waals surface area contributed by atoms with Crippen molar-refractivity contribution in [3.8, 4) is 0 Å². The monoisotopic (exact) mass is 294 g/mol. The van der Waals surface area contributed by atoms with Crippen LogP contribution in [-0.4, -0.2) is 17.2 Å². The molecule has 4 heteroatoms. The van der Waals surface area contributed by atoms with Gasteiger partial charge in [0.2, 0.25) is 0 Å². The lowest BCUT2D eigenvalue weighted by Gasteiger charge is -2.31. The third kappa shape index (κ3) is 4.76. The second-order valence-corrected chi connectivity index (χ2v) is 6.86. The summed E-state index contributed by atoms with van der Waals surface area (Å²) in [5.41, 5.74) is 0.932. The van der Waals surface area contributed by atoms with Gasteiger partial charge >= 0.3 is 5.97 Å². The van der Waals surface area contributed by atoms with Gasteiger partial charge in [0.25, 0.3) is 0 Å². The molecule has 20 heavy (non-hydrogen) atoms. The Morgan fingerprint density at radius 2 is 2.10 bits per heavy atom. The van der Waals surface area contributed by atoms with Crippen LogP contribution in [0.15, 0.2) is 17.5 Å². The zero-order chi connectivity index (χ0) is 14.5. The lowest BCUT2D eigenvalue weighted by atomic mass is 9.82. The second-order valence-electron chi connectivity index (χ2n) is 5.87. The van der Waals surface area contributed by atoms with Gasteiger partial charge in [0.15, 0.2) is 0 Å². The number of carboxylic acids is 1. The van der Waals surface area contributed by atoms with Crippen LogP contribution >= 0.6 is 11.3 Å². The van der Waals surface area contributed by atoms with E-state index < -0.39 is 5.97 Å². The van der Waals surface area contributed by atoms with Gasteiger partial charge < -0.3 is 9.84 Å². The highest BCUT2D eigenvalue weighted by Gasteiger charge is 2.24. The van der Waals surface area contributed by atoms with Crippen LogP contribution in [0.4, 0.5) is 0 Å². The predicted octanol–water partition coefficient (Wildman–Crippen LogP) is 4.19. The largest absolute Gasteiger partial charge is 0.478 e. The van der Waals surface area contributed by atoms with E-state index >= 15 is 0 Å². The van der Waals surface area contributed by atoms with Crippen LogP contribution < -0.4 is 0 Å². The number of carbonyl (C=O) groups is 1. The van der Waals surface area contributed by atoms with Crippen molar-refractivity contribution in [3.63, 3.8) is 0 Å². The predicted molar refractivity (Wildman–Crippen MR) is 81.7 cm³/mol. The molecular weight excluding hydrogens is 272 g/mol. The van der Waals surface area contributed by atoms with Gasteiger partial charge in [-0.25, -0.2) is 4.79 Å². The standard InChI is InChI=1S/C16H22O3S/c1-11-5-12(2)7-14(6-11)19-9-15-8-13(10-20-15)3-4-16(17)18/h3-4,8,10-12,14H,5-7,9H2,1-2H3,(H,17,18). The number of hydrogen-bond acceptors (Lipinski definition) is 3. The van der Waals surface area contributed by atoms with Gasteiger partial charge in [0, 0.05) is 11.0 Å². The fourth-order valence-corrected chi connectivity index (χ4v) is 3.71. The Balaban J connectivity index is 1.83. The molecule has 2 atom stereocenters. The molecule has 1 aliphatic carbocycles. The number of hydrogen-bond donors (Lipinski definition) is 1. The van der Waals surface area contributed by atoms with E-state index in [4.69, 9.17) is 9.84 Å². The highest BCUT2D eigenvalue weighted by molar-refractivity contribution is 7.10. The molecule has 0 radical (unpaired) electrons. The van der Waals surface area contributed by atoms with Crippen molar-refractivity contribution >= 4 is 23.4 Å². The van der Waals surface area contributed by atoms with Gasteiger partial charge in [-0.3, -0.25) is 0 Å². The average Bonchev–Trinajstić information content (AvgIpc) is 2.81. The lowest BCUT2D eigenvalue weighted by Crippen LogP contribution is -2.26. The van der Waals surface area contributed by atoms with Crippen molar-refractivity contribution in [3.05, 3.63) is 28.0 Å². The first-order chi connectivity index (χ1) is 9.52. The van der Waals surface area contributed by atoms with E-state index in [-0.39, 0.29) is 0 Å². The van der Waals surface area contributed by atoms with Crippen LogP contribution in [0, 0.1) is 11.8 Å². The maximum absolute atomic E-state index is 10.5. The van der Waals surface area contributed by atoms with Gasteiger partial charge in [-0.15, -0.1) is 11.3 Å². The average molecular weight is 294 g/mol. The molecule has 1 aliphatic rings. The molecule has 1 aromatic rings. The third-order valence-electron chi connectivity index (χ3n) is 3.69. The SMILES string of the molecule is CC1CC(C)CC(OCc2cc(C=CC(=O)O)cs2)C1. The molecule has 2 rings (SSSR count).